The van der Waals surface area contributed by atoms with Gasteiger partial charge in [0.15, 0.2) is 11.5 Å². The normalized spacial score (nSPS) is 18.0. The van der Waals surface area contributed by atoms with Crippen LogP contribution in [-0.2, 0) is 0 Å². The Hall–Kier alpha value is -2.70. The lowest BCUT2D eigenvalue weighted by atomic mass is 10.1. The van der Waals surface area contributed by atoms with Crippen LogP contribution in [0, 0.1) is 0 Å². The van der Waals surface area contributed by atoms with Crippen molar-refractivity contribution in [1.29, 1.82) is 0 Å². The number of hydrogen-bond donors (Lipinski definition) is 1. The zero-order chi connectivity index (χ0) is 16.7. The van der Waals surface area contributed by atoms with Gasteiger partial charge in [-0.05, 0) is 18.9 Å². The molecule has 1 N–H and O–H groups in total. The van der Waals surface area contributed by atoms with E-state index in [-0.39, 0.29) is 17.9 Å². The SMILES string of the molecule is CC(C)c1noc([C@@H]2CCCN2C(=O)c2n[nH]c3ccccc23)n1. The van der Waals surface area contributed by atoms with Crippen molar-refractivity contribution in [3.63, 3.8) is 0 Å². The first-order chi connectivity index (χ1) is 11.6. The molecule has 0 saturated carbocycles. The number of aromatic nitrogens is 4. The second-order valence-electron chi connectivity index (χ2n) is 6.42. The summed E-state index contributed by atoms with van der Waals surface area (Å²) in [6.07, 6.45) is 1.74. The number of benzene rings is 1. The van der Waals surface area contributed by atoms with Crippen LogP contribution in [0.2, 0.25) is 0 Å². The summed E-state index contributed by atoms with van der Waals surface area (Å²) in [5.41, 5.74) is 1.30. The summed E-state index contributed by atoms with van der Waals surface area (Å²) >= 11 is 0. The van der Waals surface area contributed by atoms with Gasteiger partial charge in [-0.15, -0.1) is 0 Å². The van der Waals surface area contributed by atoms with Crippen LogP contribution in [0.3, 0.4) is 0 Å². The predicted octanol–water partition coefficient (Wildman–Crippen LogP) is 3.05. The Kier molecular flexibility index (Phi) is 3.55. The maximum Gasteiger partial charge on any atom is 0.275 e. The van der Waals surface area contributed by atoms with Crippen molar-refractivity contribution in [2.24, 2.45) is 0 Å². The van der Waals surface area contributed by atoms with E-state index in [1.807, 2.05) is 38.1 Å². The molecule has 7 heteroatoms. The van der Waals surface area contributed by atoms with Gasteiger partial charge < -0.3 is 9.42 Å². The first kappa shape index (κ1) is 14.9. The number of nitrogens with zero attached hydrogens (tertiary/aromatic N) is 4. The van der Waals surface area contributed by atoms with Crippen molar-refractivity contribution in [3.8, 4) is 0 Å². The van der Waals surface area contributed by atoms with Gasteiger partial charge in [0.25, 0.3) is 5.91 Å². The number of nitrogens with one attached hydrogen (secondary N) is 1. The number of para-hydroxylation sites is 1. The summed E-state index contributed by atoms with van der Waals surface area (Å²) in [4.78, 5) is 19.3. The van der Waals surface area contributed by atoms with Crippen molar-refractivity contribution in [1.82, 2.24) is 25.2 Å². The molecule has 3 heterocycles. The Balaban J connectivity index is 1.65. The fraction of sp³-hybridized carbons (Fsp3) is 0.412. The molecule has 1 aliphatic heterocycles. The highest BCUT2D eigenvalue weighted by molar-refractivity contribution is 6.04. The average Bonchev–Trinajstić information content (AvgIpc) is 3.31. The van der Waals surface area contributed by atoms with Crippen molar-refractivity contribution in [2.45, 2.75) is 38.6 Å². The standard InChI is InChI=1S/C17H19N5O2/c1-10(2)15-18-16(24-21-15)13-8-5-9-22(13)17(23)14-11-6-3-4-7-12(11)19-20-14/h3-4,6-7,10,13H,5,8-9H2,1-2H3,(H,19,20)/t13-/m0/s1. The summed E-state index contributed by atoms with van der Waals surface area (Å²) in [5.74, 6) is 1.29. The third-order valence-electron chi connectivity index (χ3n) is 4.45. The van der Waals surface area contributed by atoms with E-state index in [0.29, 0.717) is 24.0 Å². The monoisotopic (exact) mass is 325 g/mol. The number of hydrogen-bond acceptors (Lipinski definition) is 5. The van der Waals surface area contributed by atoms with Gasteiger partial charge >= 0.3 is 0 Å². The summed E-state index contributed by atoms with van der Waals surface area (Å²) in [6, 6.07) is 7.46. The minimum Gasteiger partial charge on any atom is -0.337 e. The van der Waals surface area contributed by atoms with Crippen LogP contribution in [-0.4, -0.2) is 37.7 Å². The zero-order valence-corrected chi connectivity index (χ0v) is 13.7. The summed E-state index contributed by atoms with van der Waals surface area (Å²) in [5, 5.41) is 12.0. The van der Waals surface area contributed by atoms with Crippen LogP contribution in [0.5, 0.6) is 0 Å². The van der Waals surface area contributed by atoms with Crippen molar-refractivity contribution in [2.75, 3.05) is 6.54 Å². The molecule has 0 spiro atoms. The van der Waals surface area contributed by atoms with E-state index in [4.69, 9.17) is 4.52 Å². The van der Waals surface area contributed by atoms with Crippen LogP contribution in [0.1, 0.15) is 60.9 Å². The molecule has 0 radical (unpaired) electrons. The predicted molar refractivity (Wildman–Crippen MR) is 87.5 cm³/mol. The number of carbonyl (C=O) groups excluding carboxylic acids is 1. The quantitative estimate of drug-likeness (QED) is 0.799. The largest absolute Gasteiger partial charge is 0.337 e. The Bertz CT molecular complexity index is 882. The number of rotatable bonds is 3. The topological polar surface area (TPSA) is 87.9 Å². The van der Waals surface area contributed by atoms with Gasteiger partial charge in [0.2, 0.25) is 5.89 Å². The Morgan fingerprint density at radius 2 is 2.21 bits per heavy atom. The van der Waals surface area contributed by atoms with Gasteiger partial charge in [0.05, 0.1) is 5.52 Å². The lowest BCUT2D eigenvalue weighted by Gasteiger charge is -2.20. The summed E-state index contributed by atoms with van der Waals surface area (Å²) in [7, 11) is 0. The molecular weight excluding hydrogens is 306 g/mol. The Morgan fingerprint density at radius 3 is 3.00 bits per heavy atom. The van der Waals surface area contributed by atoms with Crippen molar-refractivity contribution < 1.29 is 9.32 Å². The fourth-order valence-corrected chi connectivity index (χ4v) is 3.15. The Morgan fingerprint density at radius 1 is 1.38 bits per heavy atom. The van der Waals surface area contributed by atoms with Gasteiger partial charge in [-0.25, -0.2) is 0 Å². The molecule has 0 aliphatic carbocycles. The molecule has 0 unspecified atom stereocenters. The number of likely N-dealkylation sites (tertiary alicyclic amines) is 1. The molecule has 1 amide bonds. The molecule has 0 bridgehead atoms. The highest BCUT2D eigenvalue weighted by atomic mass is 16.5. The maximum absolute atomic E-state index is 13.0. The van der Waals surface area contributed by atoms with E-state index in [9.17, 15) is 4.79 Å². The van der Waals surface area contributed by atoms with Crippen LogP contribution in [0.25, 0.3) is 10.9 Å². The zero-order valence-electron chi connectivity index (χ0n) is 13.7. The average molecular weight is 325 g/mol. The van der Waals surface area contributed by atoms with Gasteiger partial charge in [-0.2, -0.15) is 10.1 Å². The second-order valence-corrected chi connectivity index (χ2v) is 6.42. The van der Waals surface area contributed by atoms with Gasteiger partial charge in [0, 0.05) is 17.8 Å². The summed E-state index contributed by atoms with van der Waals surface area (Å²) < 4.78 is 5.41. The smallest absolute Gasteiger partial charge is 0.275 e. The molecule has 4 rings (SSSR count). The molecule has 7 nitrogen and oxygen atoms in total. The molecule has 1 fully saturated rings. The molecule has 1 aromatic carbocycles. The van der Waals surface area contributed by atoms with Gasteiger partial charge in [0.1, 0.15) is 6.04 Å². The van der Waals surface area contributed by atoms with E-state index in [1.165, 1.54) is 0 Å². The van der Waals surface area contributed by atoms with Crippen LogP contribution >= 0.6 is 0 Å². The number of aromatic amines is 1. The van der Waals surface area contributed by atoms with Gasteiger partial charge in [-0.1, -0.05) is 37.2 Å². The van der Waals surface area contributed by atoms with E-state index >= 15 is 0 Å². The highest BCUT2D eigenvalue weighted by Gasteiger charge is 2.36. The van der Waals surface area contributed by atoms with Crippen LogP contribution in [0.4, 0.5) is 0 Å². The second kappa shape index (κ2) is 5.74. The van der Waals surface area contributed by atoms with Crippen molar-refractivity contribution >= 4 is 16.8 Å². The molecule has 1 saturated heterocycles. The molecule has 1 aliphatic rings. The number of fused-ring (bicyclic) bond motifs is 1. The first-order valence-electron chi connectivity index (χ1n) is 8.22. The first-order valence-corrected chi connectivity index (χ1v) is 8.22. The number of amides is 1. The van der Waals surface area contributed by atoms with Gasteiger partial charge in [-0.3, -0.25) is 9.89 Å². The molecule has 24 heavy (non-hydrogen) atoms. The Labute approximate surface area is 139 Å². The number of H-pyrrole nitrogens is 1. The molecule has 1 atom stereocenters. The van der Waals surface area contributed by atoms with Crippen LogP contribution in [0.15, 0.2) is 28.8 Å². The third-order valence-corrected chi connectivity index (χ3v) is 4.45. The van der Waals surface area contributed by atoms with E-state index in [2.05, 4.69) is 20.3 Å². The minimum absolute atomic E-state index is 0.0979. The molecule has 3 aromatic rings. The molecule has 124 valence electrons. The third kappa shape index (κ3) is 2.36. The van der Waals surface area contributed by atoms with E-state index in [0.717, 1.165) is 23.7 Å². The van der Waals surface area contributed by atoms with Crippen molar-refractivity contribution in [3.05, 3.63) is 41.7 Å². The lowest BCUT2D eigenvalue weighted by molar-refractivity contribution is 0.0706. The molecule has 2 aromatic heterocycles. The van der Waals surface area contributed by atoms with Crippen LogP contribution < -0.4 is 0 Å². The van der Waals surface area contributed by atoms with E-state index in [1.54, 1.807) is 4.90 Å². The molecular formula is C17H19N5O2. The minimum atomic E-state index is -0.173. The summed E-state index contributed by atoms with van der Waals surface area (Å²) in [6.45, 7) is 4.70. The maximum atomic E-state index is 13.0. The number of carbonyl (C=O) groups is 1. The highest BCUT2D eigenvalue weighted by Crippen LogP contribution is 2.33. The van der Waals surface area contributed by atoms with E-state index < -0.39 is 0 Å². The fourth-order valence-electron chi connectivity index (χ4n) is 3.15. The lowest BCUT2D eigenvalue weighted by Crippen LogP contribution is -2.31.